The van der Waals surface area contributed by atoms with Gasteiger partial charge in [0.1, 0.15) is 5.82 Å². The molecule has 96 valence electrons. The van der Waals surface area contributed by atoms with E-state index in [4.69, 9.17) is 4.74 Å². The molecule has 3 rings (SSSR count). The molecule has 1 fully saturated rings. The lowest BCUT2D eigenvalue weighted by Crippen LogP contribution is -2.11. The highest BCUT2D eigenvalue weighted by Gasteiger charge is 2.22. The lowest BCUT2D eigenvalue weighted by molar-refractivity contribution is 0.341. The summed E-state index contributed by atoms with van der Waals surface area (Å²) in [4.78, 5) is 12.4. The van der Waals surface area contributed by atoms with Crippen molar-refractivity contribution in [1.82, 2.24) is 15.0 Å². The van der Waals surface area contributed by atoms with Crippen molar-refractivity contribution in [1.29, 1.82) is 0 Å². The van der Waals surface area contributed by atoms with Crippen LogP contribution in [0, 0.1) is 5.92 Å². The first-order chi connectivity index (χ1) is 8.76. The van der Waals surface area contributed by atoms with Crippen LogP contribution in [0.1, 0.15) is 44.3 Å². The quantitative estimate of drug-likeness (QED) is 0.883. The summed E-state index contributed by atoms with van der Waals surface area (Å²) in [6.07, 6.45) is 5.08. The number of hydrogen-bond donors (Lipinski definition) is 1. The van der Waals surface area contributed by atoms with Crippen molar-refractivity contribution in [3.63, 3.8) is 0 Å². The van der Waals surface area contributed by atoms with Gasteiger partial charge in [-0.05, 0) is 24.8 Å². The van der Waals surface area contributed by atoms with Crippen LogP contribution in [0.25, 0.3) is 11.2 Å². The third kappa shape index (κ3) is 2.07. The number of aromatic nitrogens is 3. The van der Waals surface area contributed by atoms with Crippen LogP contribution < -0.4 is 4.74 Å². The Bertz CT molecular complexity index is 541. The minimum absolute atomic E-state index is 0.571. The van der Waals surface area contributed by atoms with E-state index in [0.29, 0.717) is 11.8 Å². The molecule has 0 saturated heterocycles. The number of methoxy groups -OCH3 is 1. The molecule has 4 heteroatoms. The van der Waals surface area contributed by atoms with Crippen molar-refractivity contribution in [2.24, 2.45) is 5.92 Å². The van der Waals surface area contributed by atoms with Crippen molar-refractivity contribution in [2.45, 2.75) is 38.5 Å². The second-order valence-electron chi connectivity index (χ2n) is 5.30. The maximum absolute atomic E-state index is 5.13. The minimum Gasteiger partial charge on any atom is -0.481 e. The second kappa shape index (κ2) is 4.59. The van der Waals surface area contributed by atoms with Crippen LogP contribution in [-0.2, 0) is 0 Å². The van der Waals surface area contributed by atoms with Gasteiger partial charge in [-0.15, -0.1) is 0 Å². The average Bonchev–Trinajstić information content (AvgIpc) is 2.82. The Morgan fingerprint density at radius 1 is 1.17 bits per heavy atom. The first kappa shape index (κ1) is 11.5. The Kier molecular flexibility index (Phi) is 2.94. The van der Waals surface area contributed by atoms with Gasteiger partial charge in [-0.2, -0.15) is 4.98 Å². The van der Waals surface area contributed by atoms with Gasteiger partial charge in [-0.1, -0.05) is 19.8 Å². The molecule has 0 atom stereocenters. The van der Waals surface area contributed by atoms with Crippen molar-refractivity contribution >= 4 is 11.2 Å². The fourth-order valence-corrected chi connectivity index (χ4v) is 2.73. The highest BCUT2D eigenvalue weighted by atomic mass is 16.5. The van der Waals surface area contributed by atoms with Crippen molar-refractivity contribution in [3.8, 4) is 5.88 Å². The summed E-state index contributed by atoms with van der Waals surface area (Å²) in [6.45, 7) is 2.33. The molecule has 1 N–H and O–H groups in total. The van der Waals surface area contributed by atoms with Gasteiger partial charge in [-0.25, -0.2) is 4.98 Å². The second-order valence-corrected chi connectivity index (χ2v) is 5.30. The molecule has 1 aliphatic carbocycles. The molecule has 2 heterocycles. The van der Waals surface area contributed by atoms with E-state index < -0.39 is 0 Å². The summed E-state index contributed by atoms with van der Waals surface area (Å²) in [6, 6.07) is 3.86. The summed E-state index contributed by atoms with van der Waals surface area (Å²) < 4.78 is 5.13. The van der Waals surface area contributed by atoms with Crippen LogP contribution in [0.5, 0.6) is 5.88 Å². The molecule has 0 radical (unpaired) electrons. The fraction of sp³-hybridized carbons (Fsp3) is 0.571. The van der Waals surface area contributed by atoms with E-state index in [2.05, 4.69) is 21.9 Å². The van der Waals surface area contributed by atoms with Gasteiger partial charge in [0.2, 0.25) is 5.88 Å². The molecule has 1 aliphatic rings. The van der Waals surface area contributed by atoms with Gasteiger partial charge in [0.15, 0.2) is 5.65 Å². The Balaban J connectivity index is 1.88. The first-order valence-electron chi connectivity index (χ1n) is 6.67. The third-order valence-electron chi connectivity index (χ3n) is 3.95. The summed E-state index contributed by atoms with van der Waals surface area (Å²) >= 11 is 0. The molecule has 0 bridgehead atoms. The standard InChI is InChI=1S/C14H19N3O/c1-9-3-5-10(6-4-9)13-15-11-7-8-12(18-2)16-14(11)17-13/h7-10H,3-6H2,1-2H3,(H,15,16,17). The zero-order chi connectivity index (χ0) is 12.5. The number of ether oxygens (including phenoxy) is 1. The Hall–Kier alpha value is -1.58. The van der Waals surface area contributed by atoms with Crippen LogP contribution >= 0.6 is 0 Å². The highest BCUT2D eigenvalue weighted by Crippen LogP contribution is 2.34. The maximum atomic E-state index is 5.13. The number of imidazole rings is 1. The van der Waals surface area contributed by atoms with Gasteiger partial charge < -0.3 is 9.72 Å². The third-order valence-corrected chi connectivity index (χ3v) is 3.95. The number of hydrogen-bond acceptors (Lipinski definition) is 3. The topological polar surface area (TPSA) is 50.8 Å². The molecular weight excluding hydrogens is 226 g/mol. The van der Waals surface area contributed by atoms with E-state index >= 15 is 0 Å². The zero-order valence-corrected chi connectivity index (χ0v) is 10.9. The molecule has 0 unspecified atom stereocenters. The number of aromatic amines is 1. The maximum Gasteiger partial charge on any atom is 0.215 e. The molecule has 0 aliphatic heterocycles. The predicted octanol–water partition coefficient (Wildman–Crippen LogP) is 3.26. The van der Waals surface area contributed by atoms with Crippen molar-refractivity contribution < 1.29 is 4.74 Å². The molecule has 0 amide bonds. The zero-order valence-electron chi connectivity index (χ0n) is 10.9. The van der Waals surface area contributed by atoms with E-state index in [9.17, 15) is 0 Å². The molecule has 18 heavy (non-hydrogen) atoms. The SMILES string of the molecule is COc1ccc2[nH]c(C3CCC(C)CC3)nc2n1. The Morgan fingerprint density at radius 2 is 1.94 bits per heavy atom. The van der Waals surface area contributed by atoms with Crippen LogP contribution in [-0.4, -0.2) is 22.1 Å². The molecular formula is C14H19N3O. The van der Waals surface area contributed by atoms with Gasteiger partial charge in [0, 0.05) is 12.0 Å². The minimum atomic E-state index is 0.571. The summed E-state index contributed by atoms with van der Waals surface area (Å²) in [7, 11) is 1.63. The van der Waals surface area contributed by atoms with E-state index in [1.54, 1.807) is 7.11 Å². The van der Waals surface area contributed by atoms with Gasteiger partial charge in [-0.3, -0.25) is 0 Å². The lowest BCUT2D eigenvalue weighted by atomic mass is 9.83. The molecule has 4 nitrogen and oxygen atoms in total. The highest BCUT2D eigenvalue weighted by molar-refractivity contribution is 5.71. The smallest absolute Gasteiger partial charge is 0.215 e. The number of nitrogens with one attached hydrogen (secondary N) is 1. The van der Waals surface area contributed by atoms with Crippen LogP contribution in [0.3, 0.4) is 0 Å². The predicted molar refractivity (Wildman–Crippen MR) is 70.8 cm³/mol. The summed E-state index contributed by atoms with van der Waals surface area (Å²) in [5, 5.41) is 0. The van der Waals surface area contributed by atoms with Crippen LogP contribution in [0.15, 0.2) is 12.1 Å². The number of rotatable bonds is 2. The van der Waals surface area contributed by atoms with E-state index in [1.165, 1.54) is 25.7 Å². The van der Waals surface area contributed by atoms with Crippen molar-refractivity contribution in [3.05, 3.63) is 18.0 Å². The molecule has 2 aromatic rings. The van der Waals surface area contributed by atoms with E-state index in [-0.39, 0.29) is 0 Å². The van der Waals surface area contributed by atoms with Crippen molar-refractivity contribution in [2.75, 3.05) is 7.11 Å². The Morgan fingerprint density at radius 3 is 2.67 bits per heavy atom. The van der Waals surface area contributed by atoms with Gasteiger partial charge >= 0.3 is 0 Å². The summed E-state index contributed by atoms with van der Waals surface area (Å²) in [5.41, 5.74) is 1.77. The largest absolute Gasteiger partial charge is 0.481 e. The molecule has 0 aromatic carbocycles. The number of H-pyrrole nitrogens is 1. The van der Waals surface area contributed by atoms with Crippen LogP contribution in [0.4, 0.5) is 0 Å². The monoisotopic (exact) mass is 245 g/mol. The lowest BCUT2D eigenvalue weighted by Gasteiger charge is -2.24. The molecule has 1 saturated carbocycles. The summed E-state index contributed by atoms with van der Waals surface area (Å²) in [5.74, 6) is 3.15. The molecule has 2 aromatic heterocycles. The van der Waals surface area contributed by atoms with E-state index in [1.807, 2.05) is 12.1 Å². The number of pyridine rings is 1. The average molecular weight is 245 g/mol. The van der Waals surface area contributed by atoms with Gasteiger partial charge in [0.05, 0.1) is 12.6 Å². The van der Waals surface area contributed by atoms with Gasteiger partial charge in [0.25, 0.3) is 0 Å². The van der Waals surface area contributed by atoms with Crippen LogP contribution in [0.2, 0.25) is 0 Å². The Labute approximate surface area is 107 Å². The fourth-order valence-electron chi connectivity index (χ4n) is 2.73. The number of nitrogens with zero attached hydrogens (tertiary/aromatic N) is 2. The molecule has 0 spiro atoms. The van der Waals surface area contributed by atoms with E-state index in [0.717, 1.165) is 22.9 Å². The first-order valence-corrected chi connectivity index (χ1v) is 6.67. The number of fused-ring (bicyclic) bond motifs is 1. The normalized spacial score (nSPS) is 24.3.